The van der Waals surface area contributed by atoms with E-state index in [1.165, 1.54) is 4.90 Å². The third-order valence-electron chi connectivity index (χ3n) is 3.05. The molecule has 0 amide bonds. The summed E-state index contributed by atoms with van der Waals surface area (Å²) in [5, 5.41) is 17.3. The largest absolute Gasteiger partial charge is 0.283 e. The molecule has 1 aliphatic rings. The Morgan fingerprint density at radius 1 is 0.737 bits per heavy atom. The summed E-state index contributed by atoms with van der Waals surface area (Å²) in [6.45, 7) is 0. The molecule has 0 bridgehead atoms. The molecule has 0 atom stereocenters. The van der Waals surface area contributed by atoms with Crippen LogP contribution in [0.2, 0.25) is 10.0 Å². The summed E-state index contributed by atoms with van der Waals surface area (Å²) in [4.78, 5) is 1.47. The van der Waals surface area contributed by atoms with Gasteiger partial charge < -0.3 is 0 Å². The third-order valence-corrected chi connectivity index (χ3v) is 3.66. The van der Waals surface area contributed by atoms with Crippen LogP contribution in [0.3, 0.4) is 0 Å². The van der Waals surface area contributed by atoms with Gasteiger partial charge in [-0.2, -0.15) is 0 Å². The molecular weight excluding hydrogens is 281 g/mol. The molecule has 2 aromatic carbocycles. The third kappa shape index (κ3) is 1.74. The number of nitrogens with one attached hydrogen (secondary N) is 2. The molecule has 1 aliphatic heterocycles. The summed E-state index contributed by atoms with van der Waals surface area (Å²) < 4.78 is 0. The van der Waals surface area contributed by atoms with E-state index in [0.717, 1.165) is 0 Å². The van der Waals surface area contributed by atoms with E-state index in [9.17, 15) is 0 Å². The molecule has 0 spiro atoms. The first kappa shape index (κ1) is 12.2. The lowest BCUT2D eigenvalue weighted by Crippen LogP contribution is -2.30. The van der Waals surface area contributed by atoms with Crippen molar-refractivity contribution in [2.24, 2.45) is 0 Å². The van der Waals surface area contributed by atoms with E-state index in [0.29, 0.717) is 26.9 Å². The molecule has 1 heterocycles. The average Bonchev–Trinajstić information content (AvgIpc) is 2.64. The van der Waals surface area contributed by atoms with Crippen LogP contribution >= 0.6 is 23.2 Å². The summed E-state index contributed by atoms with van der Waals surface area (Å²) in [7, 11) is 0. The van der Waals surface area contributed by atoms with Crippen molar-refractivity contribution in [3.05, 3.63) is 63.6 Å². The second kappa shape index (κ2) is 4.37. The monoisotopic (exact) mass is 289 g/mol. The summed E-state index contributed by atoms with van der Waals surface area (Å²) in [6.07, 6.45) is 0. The van der Waals surface area contributed by atoms with Crippen LogP contribution in [0.1, 0.15) is 11.1 Å². The number of amidine groups is 2. The summed E-state index contributed by atoms with van der Waals surface area (Å²) in [5.41, 5.74) is 1.91. The number of anilines is 1. The number of para-hydroxylation sites is 1. The molecule has 0 radical (unpaired) electrons. The van der Waals surface area contributed by atoms with Gasteiger partial charge in [-0.25, -0.2) is 0 Å². The number of fused-ring (bicyclic) bond motifs is 1. The maximum atomic E-state index is 8.22. The molecule has 2 N–H and O–H groups in total. The molecule has 3 rings (SSSR count). The van der Waals surface area contributed by atoms with Gasteiger partial charge in [0.15, 0.2) is 0 Å². The highest BCUT2D eigenvalue weighted by Crippen LogP contribution is 2.38. The molecule has 0 unspecified atom stereocenters. The summed E-state index contributed by atoms with van der Waals surface area (Å²) in [5.74, 6) is 0.436. The Hall–Kier alpha value is -1.84. The number of rotatable bonds is 1. The molecule has 5 heteroatoms. The lowest BCUT2D eigenvalue weighted by atomic mass is 10.1. The van der Waals surface area contributed by atoms with Crippen LogP contribution in [0.5, 0.6) is 0 Å². The van der Waals surface area contributed by atoms with E-state index in [-0.39, 0.29) is 11.7 Å². The van der Waals surface area contributed by atoms with Crippen LogP contribution in [0.15, 0.2) is 42.5 Å². The van der Waals surface area contributed by atoms with Crippen molar-refractivity contribution in [1.29, 1.82) is 10.8 Å². The minimum absolute atomic E-state index is 0.218. The van der Waals surface area contributed by atoms with Crippen molar-refractivity contribution in [3.63, 3.8) is 0 Å². The molecular formula is C14H9Cl2N3. The highest BCUT2D eigenvalue weighted by molar-refractivity contribution is 6.45. The van der Waals surface area contributed by atoms with E-state index in [1.807, 2.05) is 24.3 Å². The Bertz CT molecular complexity index is 654. The fourth-order valence-corrected chi connectivity index (χ4v) is 2.74. The predicted octanol–water partition coefficient (Wildman–Crippen LogP) is 4.16. The minimum Gasteiger partial charge on any atom is -0.283 e. The Balaban J connectivity index is 2.20. The van der Waals surface area contributed by atoms with Crippen LogP contribution in [-0.4, -0.2) is 11.7 Å². The lowest BCUT2D eigenvalue weighted by molar-refractivity contribution is 1.33. The van der Waals surface area contributed by atoms with E-state index in [4.69, 9.17) is 34.0 Å². The van der Waals surface area contributed by atoms with Crippen molar-refractivity contribution in [1.82, 2.24) is 0 Å². The van der Waals surface area contributed by atoms with Gasteiger partial charge in [0.1, 0.15) is 11.7 Å². The predicted molar refractivity (Wildman–Crippen MR) is 79.0 cm³/mol. The van der Waals surface area contributed by atoms with Crippen LogP contribution in [-0.2, 0) is 0 Å². The highest BCUT2D eigenvalue weighted by atomic mass is 35.5. The van der Waals surface area contributed by atoms with Gasteiger partial charge in [-0.1, -0.05) is 53.5 Å². The number of nitrogens with zero attached hydrogens (tertiary/aromatic N) is 1. The molecule has 0 aliphatic carbocycles. The smallest absolute Gasteiger partial charge is 0.139 e. The Kier molecular flexibility index (Phi) is 2.81. The molecule has 2 aromatic rings. The number of halogens is 2. The van der Waals surface area contributed by atoms with Gasteiger partial charge in [-0.05, 0) is 12.1 Å². The Morgan fingerprint density at radius 2 is 1.21 bits per heavy atom. The number of benzene rings is 2. The van der Waals surface area contributed by atoms with Gasteiger partial charge in [0.2, 0.25) is 0 Å². The van der Waals surface area contributed by atoms with Crippen molar-refractivity contribution >= 4 is 40.6 Å². The summed E-state index contributed by atoms with van der Waals surface area (Å²) in [6, 6.07) is 12.5. The van der Waals surface area contributed by atoms with Gasteiger partial charge in [-0.3, -0.25) is 15.7 Å². The first-order chi connectivity index (χ1) is 9.11. The van der Waals surface area contributed by atoms with Crippen molar-refractivity contribution in [2.75, 3.05) is 4.90 Å². The normalized spacial score (nSPS) is 13.9. The maximum Gasteiger partial charge on any atom is 0.139 e. The van der Waals surface area contributed by atoms with E-state index < -0.39 is 0 Å². The quantitative estimate of drug-likeness (QED) is 0.813. The molecule has 3 nitrogen and oxygen atoms in total. The second-order valence-electron chi connectivity index (χ2n) is 4.15. The second-order valence-corrected chi connectivity index (χ2v) is 4.96. The van der Waals surface area contributed by atoms with Gasteiger partial charge >= 0.3 is 0 Å². The van der Waals surface area contributed by atoms with Crippen molar-refractivity contribution in [2.45, 2.75) is 0 Å². The van der Waals surface area contributed by atoms with Gasteiger partial charge in [0, 0.05) is 11.1 Å². The molecule has 0 saturated carbocycles. The fraction of sp³-hybridized carbons (Fsp3) is 0. The Morgan fingerprint density at radius 3 is 1.68 bits per heavy atom. The molecule has 0 aromatic heterocycles. The highest BCUT2D eigenvalue weighted by Gasteiger charge is 2.32. The zero-order valence-electron chi connectivity index (χ0n) is 9.74. The van der Waals surface area contributed by atoms with Gasteiger partial charge in [-0.15, -0.1) is 0 Å². The van der Waals surface area contributed by atoms with E-state index >= 15 is 0 Å². The molecule has 0 saturated heterocycles. The average molecular weight is 290 g/mol. The number of hydrogen-bond donors (Lipinski definition) is 2. The van der Waals surface area contributed by atoms with E-state index in [1.54, 1.807) is 18.2 Å². The topological polar surface area (TPSA) is 50.9 Å². The maximum absolute atomic E-state index is 8.22. The van der Waals surface area contributed by atoms with Crippen LogP contribution < -0.4 is 4.90 Å². The van der Waals surface area contributed by atoms with Crippen molar-refractivity contribution in [3.8, 4) is 0 Å². The van der Waals surface area contributed by atoms with Crippen molar-refractivity contribution < 1.29 is 0 Å². The van der Waals surface area contributed by atoms with Crippen LogP contribution in [0, 0.1) is 10.8 Å². The number of hydrogen-bond acceptors (Lipinski definition) is 2. The van der Waals surface area contributed by atoms with E-state index in [2.05, 4.69) is 0 Å². The first-order valence-corrected chi connectivity index (χ1v) is 6.38. The van der Waals surface area contributed by atoms with Crippen LogP contribution in [0.4, 0.5) is 5.69 Å². The Labute approximate surface area is 120 Å². The minimum atomic E-state index is 0.218. The lowest BCUT2D eigenvalue weighted by Gasteiger charge is -2.20. The first-order valence-electron chi connectivity index (χ1n) is 5.62. The fourth-order valence-electron chi connectivity index (χ4n) is 2.18. The molecule has 94 valence electrons. The zero-order chi connectivity index (χ0) is 13.6. The molecule has 0 fully saturated rings. The van der Waals surface area contributed by atoms with Crippen LogP contribution in [0.25, 0.3) is 0 Å². The summed E-state index contributed by atoms with van der Waals surface area (Å²) >= 11 is 12.3. The molecule has 19 heavy (non-hydrogen) atoms. The van der Waals surface area contributed by atoms with Gasteiger partial charge in [0.25, 0.3) is 0 Å². The zero-order valence-corrected chi connectivity index (χ0v) is 11.3. The SMILES string of the molecule is N=C1c2ccccc2C(=N)N1c1c(Cl)cccc1Cl. The van der Waals surface area contributed by atoms with Gasteiger partial charge in [0.05, 0.1) is 15.7 Å². The standard InChI is InChI=1S/C14H9Cl2N3/c15-10-6-3-7-11(16)12(10)19-13(17)8-4-1-2-5-9(8)14(19)18/h1-7,17-18H.